The average molecular weight is 540 g/mol. The molecule has 0 fully saturated rings. The molecule has 0 spiro atoms. The molecule has 208 valence electrons. The fourth-order valence-electron chi connectivity index (χ4n) is 4.63. The van der Waals surface area contributed by atoms with E-state index in [4.69, 9.17) is 4.99 Å². The highest BCUT2D eigenvalue weighted by Gasteiger charge is 2.20. The minimum Gasteiger partial charge on any atom is -0.494 e. The van der Waals surface area contributed by atoms with Crippen molar-refractivity contribution in [2.45, 2.75) is 20.3 Å². The number of aliphatic imine (C=N–C) groups is 1. The molecule has 0 aliphatic heterocycles. The molecule has 0 bridgehead atoms. The van der Waals surface area contributed by atoms with Crippen LogP contribution in [-0.2, 0) is 4.79 Å². The van der Waals surface area contributed by atoms with Gasteiger partial charge in [-0.25, -0.2) is 4.99 Å². The quantitative estimate of drug-likeness (QED) is 0.263. The monoisotopic (exact) mass is 539 g/mol. The molecule has 8 nitrogen and oxygen atoms in total. The second-order valence-electron chi connectivity index (χ2n) is 10.1. The normalized spacial score (nSPS) is 11.7. The topological polar surface area (TPSA) is 92.2 Å². The maximum atomic E-state index is 12.7. The van der Waals surface area contributed by atoms with Gasteiger partial charge in [-0.1, -0.05) is 36.4 Å². The number of nitrogens with zero attached hydrogens (tertiary/aromatic N) is 4. The summed E-state index contributed by atoms with van der Waals surface area (Å²) in [6, 6.07) is 22.6. The molecular formula is C32H37N5O3. The summed E-state index contributed by atoms with van der Waals surface area (Å²) in [5.41, 5.74) is 4.68. The maximum Gasteiger partial charge on any atom is 0.253 e. The molecule has 0 radical (unpaired) electrons. The van der Waals surface area contributed by atoms with Gasteiger partial charge in [-0.2, -0.15) is 0 Å². The Morgan fingerprint density at radius 3 is 2.23 bits per heavy atom. The van der Waals surface area contributed by atoms with E-state index in [1.165, 1.54) is 0 Å². The molecule has 4 aromatic rings. The highest BCUT2D eigenvalue weighted by Crippen LogP contribution is 2.32. The van der Waals surface area contributed by atoms with E-state index in [1.807, 2.05) is 81.7 Å². The van der Waals surface area contributed by atoms with Crippen molar-refractivity contribution in [2.24, 2.45) is 4.99 Å². The fraction of sp³-hybridized carbons (Fsp3) is 0.281. The van der Waals surface area contributed by atoms with Gasteiger partial charge in [-0.3, -0.25) is 9.59 Å². The van der Waals surface area contributed by atoms with Crippen LogP contribution in [0.15, 0.2) is 77.8 Å². The molecule has 0 saturated carbocycles. The predicted octanol–water partition coefficient (Wildman–Crippen LogP) is 5.44. The number of aromatic amines is 1. The van der Waals surface area contributed by atoms with Gasteiger partial charge >= 0.3 is 0 Å². The number of anilines is 1. The van der Waals surface area contributed by atoms with Crippen molar-refractivity contribution in [3.05, 3.63) is 89.5 Å². The lowest BCUT2D eigenvalue weighted by Gasteiger charge is -2.22. The summed E-state index contributed by atoms with van der Waals surface area (Å²) >= 11 is 0. The number of amides is 2. The maximum absolute atomic E-state index is 12.7. The minimum absolute atomic E-state index is 0.00771. The fourth-order valence-corrected chi connectivity index (χ4v) is 4.63. The second kappa shape index (κ2) is 12.6. The molecule has 2 N–H and O–H groups in total. The van der Waals surface area contributed by atoms with Crippen molar-refractivity contribution in [2.75, 3.05) is 45.7 Å². The number of H-pyrrole nitrogens is 1. The lowest BCUT2D eigenvalue weighted by molar-refractivity contribution is -0.116. The Morgan fingerprint density at radius 2 is 1.60 bits per heavy atom. The number of benzene rings is 3. The number of aromatic nitrogens is 1. The van der Waals surface area contributed by atoms with Gasteiger partial charge in [0.15, 0.2) is 5.88 Å². The Morgan fingerprint density at radius 1 is 0.900 bits per heavy atom. The summed E-state index contributed by atoms with van der Waals surface area (Å²) in [6.45, 7) is 5.63. The summed E-state index contributed by atoms with van der Waals surface area (Å²) in [6.07, 6.45) is 0.868. The van der Waals surface area contributed by atoms with Crippen molar-refractivity contribution in [3.63, 3.8) is 0 Å². The molecule has 0 unspecified atom stereocenters. The molecule has 4 rings (SSSR count). The zero-order valence-corrected chi connectivity index (χ0v) is 23.8. The molecule has 1 aromatic heterocycles. The third-order valence-electron chi connectivity index (χ3n) is 6.90. The Balaban J connectivity index is 1.74. The number of rotatable bonds is 10. The van der Waals surface area contributed by atoms with E-state index in [0.29, 0.717) is 41.1 Å². The van der Waals surface area contributed by atoms with Crippen LogP contribution in [0.3, 0.4) is 0 Å². The van der Waals surface area contributed by atoms with Crippen LogP contribution < -0.4 is 4.90 Å². The SMILES string of the molecule is CCN(C)C(=O)c1ccc2c(C(=Nc3ccc(N(CCCN(C)C)C(C)=O)cc3)c3ccccc3)c(O)[nH]c2c1. The highest BCUT2D eigenvalue weighted by molar-refractivity contribution is 6.22. The first-order valence-corrected chi connectivity index (χ1v) is 13.5. The van der Waals surface area contributed by atoms with Crippen molar-refractivity contribution in [3.8, 4) is 5.88 Å². The first kappa shape index (κ1) is 28.6. The number of aromatic hydroxyl groups is 1. The largest absolute Gasteiger partial charge is 0.494 e. The average Bonchev–Trinajstić information content (AvgIpc) is 3.28. The van der Waals surface area contributed by atoms with Crippen LogP contribution in [0.25, 0.3) is 10.9 Å². The van der Waals surface area contributed by atoms with Crippen LogP contribution >= 0.6 is 0 Å². The number of nitrogens with one attached hydrogen (secondary N) is 1. The van der Waals surface area contributed by atoms with Crippen molar-refractivity contribution in [1.29, 1.82) is 0 Å². The van der Waals surface area contributed by atoms with Gasteiger partial charge in [0.25, 0.3) is 5.91 Å². The Labute approximate surface area is 235 Å². The van der Waals surface area contributed by atoms with E-state index in [-0.39, 0.29) is 17.7 Å². The molecule has 0 aliphatic carbocycles. The zero-order chi connectivity index (χ0) is 28.8. The van der Waals surface area contributed by atoms with E-state index in [9.17, 15) is 14.7 Å². The molecule has 0 saturated heterocycles. The van der Waals surface area contributed by atoms with Gasteiger partial charge in [-0.15, -0.1) is 0 Å². The predicted molar refractivity (Wildman–Crippen MR) is 162 cm³/mol. The van der Waals surface area contributed by atoms with Gasteiger partial charge in [-0.05, 0) is 70.4 Å². The lowest BCUT2D eigenvalue weighted by Crippen LogP contribution is -2.31. The first-order chi connectivity index (χ1) is 19.2. The zero-order valence-electron chi connectivity index (χ0n) is 23.8. The molecule has 40 heavy (non-hydrogen) atoms. The number of carbonyl (C=O) groups excluding carboxylic acids is 2. The van der Waals surface area contributed by atoms with E-state index in [1.54, 1.807) is 35.9 Å². The number of fused-ring (bicyclic) bond motifs is 1. The molecule has 1 heterocycles. The summed E-state index contributed by atoms with van der Waals surface area (Å²) < 4.78 is 0. The lowest BCUT2D eigenvalue weighted by atomic mass is 10.00. The Kier molecular flexibility index (Phi) is 9.01. The van der Waals surface area contributed by atoms with E-state index < -0.39 is 0 Å². The van der Waals surface area contributed by atoms with Crippen molar-refractivity contribution >= 4 is 39.8 Å². The van der Waals surface area contributed by atoms with Crippen LogP contribution in [0, 0.1) is 0 Å². The van der Waals surface area contributed by atoms with Gasteiger partial charge in [0.1, 0.15) is 0 Å². The van der Waals surface area contributed by atoms with E-state index in [0.717, 1.165) is 29.6 Å². The van der Waals surface area contributed by atoms with Gasteiger partial charge in [0.05, 0.1) is 17.0 Å². The van der Waals surface area contributed by atoms with Crippen molar-refractivity contribution in [1.82, 2.24) is 14.8 Å². The van der Waals surface area contributed by atoms with E-state index >= 15 is 0 Å². The molecule has 2 amide bonds. The van der Waals surface area contributed by atoms with Crippen LogP contribution in [0.4, 0.5) is 11.4 Å². The summed E-state index contributed by atoms with van der Waals surface area (Å²) in [4.78, 5) is 38.6. The highest BCUT2D eigenvalue weighted by atomic mass is 16.3. The summed E-state index contributed by atoms with van der Waals surface area (Å²) in [5.74, 6) is -0.114. The summed E-state index contributed by atoms with van der Waals surface area (Å²) in [5, 5.41) is 11.8. The van der Waals surface area contributed by atoms with Crippen LogP contribution in [-0.4, -0.2) is 78.2 Å². The van der Waals surface area contributed by atoms with Gasteiger partial charge < -0.3 is 24.8 Å². The van der Waals surface area contributed by atoms with Gasteiger partial charge in [0, 0.05) is 54.8 Å². The van der Waals surface area contributed by atoms with Crippen LogP contribution in [0.2, 0.25) is 0 Å². The third kappa shape index (κ3) is 6.40. The second-order valence-corrected chi connectivity index (χ2v) is 10.1. The molecule has 0 aliphatic rings. The molecular weight excluding hydrogens is 502 g/mol. The molecule has 3 aromatic carbocycles. The minimum atomic E-state index is -0.0848. The van der Waals surface area contributed by atoms with Crippen molar-refractivity contribution < 1.29 is 14.7 Å². The van der Waals surface area contributed by atoms with Crippen LogP contribution in [0.5, 0.6) is 5.88 Å². The Bertz CT molecular complexity index is 1510. The standard InChI is InChI=1S/C32H37N5O3/c1-6-36(5)32(40)24-13-18-27-28(21-24)34-31(39)29(27)30(23-11-8-7-9-12-23)33-25-14-16-26(17-15-25)37(22(2)38)20-10-19-35(3)4/h7-9,11-18,21,34,39H,6,10,19-20H2,1-5H3. The van der Waals surface area contributed by atoms with Gasteiger partial charge in [0.2, 0.25) is 5.91 Å². The Hall–Kier alpha value is -4.43. The number of hydrogen-bond donors (Lipinski definition) is 2. The molecule has 8 heteroatoms. The third-order valence-corrected chi connectivity index (χ3v) is 6.90. The number of carbonyl (C=O) groups is 2. The summed E-state index contributed by atoms with van der Waals surface area (Å²) in [7, 11) is 5.80. The smallest absolute Gasteiger partial charge is 0.253 e. The van der Waals surface area contributed by atoms with Crippen LogP contribution in [0.1, 0.15) is 41.8 Å². The number of hydrogen-bond acceptors (Lipinski definition) is 5. The van der Waals surface area contributed by atoms with E-state index in [2.05, 4.69) is 9.88 Å². The first-order valence-electron chi connectivity index (χ1n) is 13.5. The molecule has 0 atom stereocenters.